The molecule has 0 aliphatic rings. The van der Waals surface area contributed by atoms with Gasteiger partial charge in [0.05, 0.1) is 10.6 Å². The fraction of sp³-hybridized carbons (Fsp3) is 0.143. The molecule has 0 bridgehead atoms. The summed E-state index contributed by atoms with van der Waals surface area (Å²) in [5, 5.41) is 9.61. The van der Waals surface area contributed by atoms with E-state index in [9.17, 15) is 22.9 Å². The summed E-state index contributed by atoms with van der Waals surface area (Å²) in [7, 11) is -3.88. The lowest BCUT2D eigenvalue weighted by Crippen LogP contribution is -2.14. The van der Waals surface area contributed by atoms with Crippen LogP contribution in [0.25, 0.3) is 0 Å². The van der Waals surface area contributed by atoms with Gasteiger partial charge in [-0.05, 0) is 6.07 Å². The second-order valence-electron chi connectivity index (χ2n) is 2.75. The zero-order valence-electron chi connectivity index (χ0n) is 7.68. The predicted octanol–water partition coefficient (Wildman–Crippen LogP) is 1.67. The van der Waals surface area contributed by atoms with E-state index in [0.29, 0.717) is 0 Å². The molecular formula is C7H6ClFN2O4S. The van der Waals surface area contributed by atoms with Gasteiger partial charge in [-0.2, -0.15) is 0 Å². The van der Waals surface area contributed by atoms with E-state index in [1.165, 1.54) is 0 Å². The normalized spacial score (nSPS) is 11.1. The van der Waals surface area contributed by atoms with Crippen molar-refractivity contribution in [2.24, 2.45) is 0 Å². The summed E-state index contributed by atoms with van der Waals surface area (Å²) in [6.07, 6.45) is 0. The van der Waals surface area contributed by atoms with Gasteiger partial charge in [0.1, 0.15) is 11.0 Å². The number of hydrogen-bond acceptors (Lipinski definition) is 4. The van der Waals surface area contributed by atoms with Gasteiger partial charge in [-0.3, -0.25) is 14.8 Å². The Kier molecular flexibility index (Phi) is 3.66. The third kappa shape index (κ3) is 3.04. The Morgan fingerprint density at radius 3 is 2.62 bits per heavy atom. The monoisotopic (exact) mass is 268 g/mol. The Morgan fingerprint density at radius 2 is 2.12 bits per heavy atom. The van der Waals surface area contributed by atoms with E-state index in [1.807, 2.05) is 0 Å². The van der Waals surface area contributed by atoms with Crippen molar-refractivity contribution >= 4 is 33.0 Å². The van der Waals surface area contributed by atoms with Crippen LogP contribution < -0.4 is 4.72 Å². The lowest BCUT2D eigenvalue weighted by Gasteiger charge is -2.05. The van der Waals surface area contributed by atoms with Gasteiger partial charge in [0.25, 0.3) is 5.69 Å². The first kappa shape index (κ1) is 12.7. The average molecular weight is 269 g/mol. The molecule has 0 amide bonds. The summed E-state index contributed by atoms with van der Waals surface area (Å²) in [5.41, 5.74) is -0.927. The first-order valence-corrected chi connectivity index (χ1v) is 6.05. The van der Waals surface area contributed by atoms with E-state index in [1.54, 1.807) is 4.72 Å². The number of nitrogens with one attached hydrogen (secondary N) is 1. The first-order chi connectivity index (χ1) is 7.35. The predicted molar refractivity (Wildman–Crippen MR) is 56.3 cm³/mol. The number of rotatable bonds is 4. The molecular weight excluding hydrogens is 263 g/mol. The summed E-state index contributed by atoms with van der Waals surface area (Å²) in [4.78, 5) is 9.61. The smallest absolute Gasteiger partial charge is 0.271 e. The summed E-state index contributed by atoms with van der Waals surface area (Å²) < 4.78 is 36.9. The van der Waals surface area contributed by atoms with Crippen LogP contribution in [0.1, 0.15) is 0 Å². The van der Waals surface area contributed by atoms with E-state index in [4.69, 9.17) is 11.6 Å². The highest BCUT2D eigenvalue weighted by atomic mass is 35.5. The second-order valence-corrected chi connectivity index (χ2v) is 5.05. The van der Waals surface area contributed by atoms with Gasteiger partial charge in [-0.1, -0.05) is 0 Å². The molecule has 1 rings (SSSR count). The van der Waals surface area contributed by atoms with Gasteiger partial charge in [-0.15, -0.1) is 11.6 Å². The Hall–Kier alpha value is -1.41. The Bertz CT molecular complexity index is 519. The molecule has 0 radical (unpaired) electrons. The lowest BCUT2D eigenvalue weighted by molar-refractivity contribution is -0.384. The quantitative estimate of drug-likeness (QED) is 0.511. The van der Waals surface area contributed by atoms with Crippen molar-refractivity contribution < 1.29 is 17.7 Å². The van der Waals surface area contributed by atoms with E-state index in [2.05, 4.69) is 0 Å². The van der Waals surface area contributed by atoms with Crippen molar-refractivity contribution in [2.75, 3.05) is 9.93 Å². The number of alkyl halides is 1. The minimum absolute atomic E-state index is 0.423. The van der Waals surface area contributed by atoms with Crippen LogP contribution in [0.5, 0.6) is 0 Å². The van der Waals surface area contributed by atoms with E-state index in [0.717, 1.165) is 18.2 Å². The summed E-state index contributed by atoms with van der Waals surface area (Å²) in [6.45, 7) is 0. The molecule has 0 fully saturated rings. The Labute approximate surface area is 95.2 Å². The standard InChI is InChI=1S/C7H6ClFN2O4S/c8-4-16(14,15)10-7-3-5(11(12)13)1-2-6(7)9/h1-3,10H,4H2. The van der Waals surface area contributed by atoms with Crippen LogP contribution in [-0.4, -0.2) is 18.6 Å². The zero-order valence-corrected chi connectivity index (χ0v) is 9.26. The number of nitrogens with zero attached hydrogens (tertiary/aromatic N) is 1. The number of halogens is 2. The van der Waals surface area contributed by atoms with Gasteiger partial charge in [0, 0.05) is 12.1 Å². The Morgan fingerprint density at radius 1 is 1.50 bits per heavy atom. The van der Waals surface area contributed by atoms with Crippen LogP contribution >= 0.6 is 11.6 Å². The molecule has 0 saturated heterocycles. The Balaban J connectivity index is 3.13. The SMILES string of the molecule is O=[N+]([O-])c1ccc(F)c(NS(=O)(=O)CCl)c1. The van der Waals surface area contributed by atoms with Crippen LogP contribution in [0.3, 0.4) is 0 Å². The molecule has 1 aromatic carbocycles. The van der Waals surface area contributed by atoms with Gasteiger partial charge in [0.2, 0.25) is 10.0 Å². The van der Waals surface area contributed by atoms with Crippen LogP contribution in [0, 0.1) is 15.9 Å². The molecule has 1 N–H and O–H groups in total. The number of nitro groups is 1. The maximum absolute atomic E-state index is 13.1. The van der Waals surface area contributed by atoms with Gasteiger partial charge in [-0.25, -0.2) is 12.8 Å². The van der Waals surface area contributed by atoms with Crippen LogP contribution in [0.15, 0.2) is 18.2 Å². The van der Waals surface area contributed by atoms with Crippen LogP contribution in [0.4, 0.5) is 15.8 Å². The molecule has 0 unspecified atom stereocenters. The average Bonchev–Trinajstić information content (AvgIpc) is 2.21. The largest absolute Gasteiger partial charge is 0.279 e. The van der Waals surface area contributed by atoms with Gasteiger partial charge < -0.3 is 0 Å². The van der Waals surface area contributed by atoms with Crippen molar-refractivity contribution in [1.29, 1.82) is 0 Å². The molecule has 88 valence electrons. The molecule has 0 aliphatic carbocycles. The number of nitro benzene ring substituents is 1. The lowest BCUT2D eigenvalue weighted by atomic mass is 10.3. The highest BCUT2D eigenvalue weighted by molar-refractivity contribution is 7.93. The minimum atomic E-state index is -3.88. The summed E-state index contributed by atoms with van der Waals surface area (Å²) in [6, 6.07) is 2.50. The first-order valence-electron chi connectivity index (χ1n) is 3.86. The highest BCUT2D eigenvalue weighted by Crippen LogP contribution is 2.22. The topological polar surface area (TPSA) is 89.3 Å². The maximum atomic E-state index is 13.1. The minimum Gasteiger partial charge on any atom is -0.279 e. The molecule has 0 aliphatic heterocycles. The summed E-state index contributed by atoms with van der Waals surface area (Å²) >= 11 is 5.09. The van der Waals surface area contributed by atoms with Crippen LogP contribution in [0.2, 0.25) is 0 Å². The van der Waals surface area contributed by atoms with Crippen LogP contribution in [-0.2, 0) is 10.0 Å². The molecule has 1 aromatic rings. The third-order valence-electron chi connectivity index (χ3n) is 1.57. The van der Waals surface area contributed by atoms with E-state index < -0.39 is 37.4 Å². The van der Waals surface area contributed by atoms with Gasteiger partial charge in [0.15, 0.2) is 0 Å². The van der Waals surface area contributed by atoms with Crippen molar-refractivity contribution in [2.45, 2.75) is 0 Å². The molecule has 0 spiro atoms. The highest BCUT2D eigenvalue weighted by Gasteiger charge is 2.15. The molecule has 6 nitrogen and oxygen atoms in total. The molecule has 0 heterocycles. The number of benzene rings is 1. The molecule has 0 saturated carbocycles. The van der Waals surface area contributed by atoms with Crippen molar-refractivity contribution in [3.05, 3.63) is 34.1 Å². The molecule has 16 heavy (non-hydrogen) atoms. The van der Waals surface area contributed by atoms with E-state index >= 15 is 0 Å². The summed E-state index contributed by atoms with van der Waals surface area (Å²) in [5.74, 6) is -0.917. The fourth-order valence-corrected chi connectivity index (χ4v) is 1.61. The zero-order chi connectivity index (χ0) is 12.3. The molecule has 0 atom stereocenters. The van der Waals surface area contributed by atoms with Gasteiger partial charge >= 0.3 is 0 Å². The molecule has 0 aromatic heterocycles. The van der Waals surface area contributed by atoms with Crippen molar-refractivity contribution in [1.82, 2.24) is 0 Å². The molecule has 9 heteroatoms. The third-order valence-corrected chi connectivity index (χ3v) is 3.25. The van der Waals surface area contributed by atoms with Crippen molar-refractivity contribution in [3.8, 4) is 0 Å². The van der Waals surface area contributed by atoms with E-state index in [-0.39, 0.29) is 0 Å². The maximum Gasteiger partial charge on any atom is 0.271 e. The number of hydrogen-bond donors (Lipinski definition) is 1. The number of anilines is 1. The van der Waals surface area contributed by atoms with Crippen molar-refractivity contribution in [3.63, 3.8) is 0 Å². The fourth-order valence-electron chi connectivity index (χ4n) is 0.900. The second kappa shape index (κ2) is 4.62. The number of non-ortho nitro benzene ring substituents is 1. The number of sulfonamides is 1.